The minimum atomic E-state index is -0.805. The Balaban J connectivity index is 2.98. The van der Waals surface area contributed by atoms with Gasteiger partial charge in [-0.25, -0.2) is 0 Å². The molecule has 0 heterocycles. The van der Waals surface area contributed by atoms with Crippen molar-refractivity contribution in [2.45, 2.75) is 13.3 Å². The molecule has 0 unspecified atom stereocenters. The molecule has 3 heteroatoms. The fraction of sp³-hybridized carbons (Fsp3) is 0.571. The highest BCUT2D eigenvalue weighted by Gasteiger charge is 1.91. The molecule has 0 saturated heterocycles. The summed E-state index contributed by atoms with van der Waals surface area (Å²) in [7, 11) is 0. The highest BCUT2D eigenvalue weighted by Crippen LogP contribution is 1.78. The van der Waals surface area contributed by atoms with Gasteiger partial charge in [-0.05, 0) is 19.9 Å². The second-order valence-electron chi connectivity index (χ2n) is 1.93. The van der Waals surface area contributed by atoms with E-state index >= 15 is 0 Å². The summed E-state index contributed by atoms with van der Waals surface area (Å²) in [5, 5.41) is 11.0. The van der Waals surface area contributed by atoms with Crippen molar-refractivity contribution < 1.29 is 9.90 Å². The summed E-state index contributed by atoms with van der Waals surface area (Å²) in [4.78, 5) is 9.95. The van der Waals surface area contributed by atoms with Gasteiger partial charge in [-0.1, -0.05) is 12.2 Å². The zero-order valence-corrected chi connectivity index (χ0v) is 6.13. The van der Waals surface area contributed by atoms with Gasteiger partial charge in [0.15, 0.2) is 0 Å². The summed E-state index contributed by atoms with van der Waals surface area (Å²) in [5.74, 6) is -0.805. The van der Waals surface area contributed by atoms with Gasteiger partial charge in [0, 0.05) is 0 Å². The van der Waals surface area contributed by atoms with E-state index < -0.39 is 5.97 Å². The van der Waals surface area contributed by atoms with Crippen LogP contribution in [0, 0.1) is 0 Å². The van der Waals surface area contributed by atoms with Crippen molar-refractivity contribution in [3.8, 4) is 0 Å². The average molecular weight is 143 g/mol. The Hall–Kier alpha value is -0.830. The maximum Gasteiger partial charge on any atom is 0.317 e. The van der Waals surface area contributed by atoms with Crippen molar-refractivity contribution in [1.82, 2.24) is 5.32 Å². The molecule has 0 amide bonds. The van der Waals surface area contributed by atoms with Crippen LogP contribution in [0.4, 0.5) is 0 Å². The predicted molar refractivity (Wildman–Crippen MR) is 39.9 cm³/mol. The molecule has 0 fully saturated rings. The summed E-state index contributed by atoms with van der Waals surface area (Å²) in [6.07, 6.45) is 4.83. The minimum Gasteiger partial charge on any atom is -0.480 e. The molecule has 0 spiro atoms. The van der Waals surface area contributed by atoms with E-state index in [1.54, 1.807) is 0 Å². The van der Waals surface area contributed by atoms with Crippen LogP contribution in [-0.4, -0.2) is 24.2 Å². The smallest absolute Gasteiger partial charge is 0.317 e. The van der Waals surface area contributed by atoms with Crippen LogP contribution in [0.2, 0.25) is 0 Å². The van der Waals surface area contributed by atoms with Crippen LogP contribution in [0.3, 0.4) is 0 Å². The molecule has 3 nitrogen and oxygen atoms in total. The molecule has 10 heavy (non-hydrogen) atoms. The van der Waals surface area contributed by atoms with Gasteiger partial charge in [0.1, 0.15) is 0 Å². The van der Waals surface area contributed by atoms with Crippen molar-refractivity contribution in [1.29, 1.82) is 0 Å². The van der Waals surface area contributed by atoms with Crippen molar-refractivity contribution in [3.63, 3.8) is 0 Å². The van der Waals surface area contributed by atoms with E-state index in [0.717, 1.165) is 13.0 Å². The van der Waals surface area contributed by atoms with E-state index in [1.807, 2.05) is 19.1 Å². The molecule has 0 bridgehead atoms. The fourth-order valence-corrected chi connectivity index (χ4v) is 0.547. The molecule has 0 saturated carbocycles. The lowest BCUT2D eigenvalue weighted by Crippen LogP contribution is -2.22. The molecule has 0 radical (unpaired) electrons. The maximum atomic E-state index is 9.95. The molecule has 0 aliphatic heterocycles. The standard InChI is InChI=1S/C7H13NO2/c1-2-3-4-5-8-6-7(9)10/h2-3,8H,4-6H2,1H3,(H,9,10). The van der Waals surface area contributed by atoms with E-state index in [9.17, 15) is 4.79 Å². The van der Waals surface area contributed by atoms with Gasteiger partial charge in [-0.3, -0.25) is 4.79 Å². The number of rotatable bonds is 5. The summed E-state index contributed by atoms with van der Waals surface area (Å²) in [5.41, 5.74) is 0. The van der Waals surface area contributed by atoms with Gasteiger partial charge >= 0.3 is 5.97 Å². The number of hydrogen-bond donors (Lipinski definition) is 2. The van der Waals surface area contributed by atoms with Crippen LogP contribution >= 0.6 is 0 Å². The molecule has 0 atom stereocenters. The van der Waals surface area contributed by atoms with Gasteiger partial charge in [-0.2, -0.15) is 0 Å². The van der Waals surface area contributed by atoms with E-state index in [1.165, 1.54) is 0 Å². The third-order valence-corrected chi connectivity index (χ3v) is 1.000. The van der Waals surface area contributed by atoms with E-state index in [4.69, 9.17) is 5.11 Å². The van der Waals surface area contributed by atoms with Crippen molar-refractivity contribution in [3.05, 3.63) is 12.2 Å². The predicted octanol–water partition coefficient (Wildman–Crippen LogP) is 0.627. The van der Waals surface area contributed by atoms with E-state index in [-0.39, 0.29) is 6.54 Å². The van der Waals surface area contributed by atoms with Gasteiger partial charge in [-0.15, -0.1) is 0 Å². The first-order valence-electron chi connectivity index (χ1n) is 3.31. The molecule has 58 valence electrons. The van der Waals surface area contributed by atoms with Gasteiger partial charge < -0.3 is 10.4 Å². The van der Waals surface area contributed by atoms with E-state index in [0.29, 0.717) is 0 Å². The first kappa shape index (κ1) is 9.17. The number of aliphatic carboxylic acids is 1. The highest BCUT2D eigenvalue weighted by molar-refractivity contribution is 5.68. The summed E-state index contributed by atoms with van der Waals surface area (Å²) in [6.45, 7) is 2.73. The Morgan fingerprint density at radius 1 is 1.70 bits per heavy atom. The number of carboxylic acid groups (broad SMARTS) is 1. The Kier molecular flexibility index (Phi) is 5.77. The van der Waals surface area contributed by atoms with Crippen LogP contribution in [0.15, 0.2) is 12.2 Å². The lowest BCUT2D eigenvalue weighted by molar-refractivity contribution is -0.135. The SMILES string of the molecule is CC=CCCNCC(=O)O. The Labute approximate surface area is 60.7 Å². The van der Waals surface area contributed by atoms with Gasteiger partial charge in [0.05, 0.1) is 6.54 Å². The third kappa shape index (κ3) is 7.17. The first-order chi connectivity index (χ1) is 4.77. The summed E-state index contributed by atoms with van der Waals surface area (Å²) >= 11 is 0. The lowest BCUT2D eigenvalue weighted by Gasteiger charge is -1.95. The first-order valence-corrected chi connectivity index (χ1v) is 3.31. The zero-order valence-electron chi connectivity index (χ0n) is 6.13. The topological polar surface area (TPSA) is 49.3 Å². The Morgan fingerprint density at radius 2 is 2.40 bits per heavy atom. The largest absolute Gasteiger partial charge is 0.480 e. The number of hydrogen-bond acceptors (Lipinski definition) is 2. The minimum absolute atomic E-state index is 0.0531. The second kappa shape index (κ2) is 6.29. The monoisotopic (exact) mass is 143 g/mol. The normalized spacial score (nSPS) is 10.5. The molecule has 0 aromatic rings. The van der Waals surface area contributed by atoms with Crippen molar-refractivity contribution in [2.75, 3.05) is 13.1 Å². The molecule has 0 aliphatic carbocycles. The molecule has 2 N–H and O–H groups in total. The third-order valence-electron chi connectivity index (χ3n) is 1.000. The number of allylic oxidation sites excluding steroid dienone is 1. The van der Waals surface area contributed by atoms with Crippen LogP contribution in [0.25, 0.3) is 0 Å². The summed E-state index contributed by atoms with van der Waals surface area (Å²) < 4.78 is 0. The van der Waals surface area contributed by atoms with Crippen LogP contribution < -0.4 is 5.32 Å². The zero-order chi connectivity index (χ0) is 7.82. The fourth-order valence-electron chi connectivity index (χ4n) is 0.547. The maximum absolute atomic E-state index is 9.95. The quantitative estimate of drug-likeness (QED) is 0.438. The molecule has 0 aromatic carbocycles. The Bertz CT molecular complexity index is 121. The molecule has 0 aliphatic rings. The molecular weight excluding hydrogens is 130 g/mol. The van der Waals surface area contributed by atoms with Gasteiger partial charge in [0.2, 0.25) is 0 Å². The second-order valence-corrected chi connectivity index (χ2v) is 1.93. The summed E-state index contributed by atoms with van der Waals surface area (Å²) in [6, 6.07) is 0. The average Bonchev–Trinajstić information content (AvgIpc) is 1.87. The lowest BCUT2D eigenvalue weighted by atomic mass is 10.4. The number of nitrogens with one attached hydrogen (secondary N) is 1. The number of carbonyl (C=O) groups is 1. The van der Waals surface area contributed by atoms with Crippen LogP contribution in [0.1, 0.15) is 13.3 Å². The molecular formula is C7H13NO2. The van der Waals surface area contributed by atoms with Crippen LogP contribution in [0.5, 0.6) is 0 Å². The van der Waals surface area contributed by atoms with Gasteiger partial charge in [0.25, 0.3) is 0 Å². The molecule has 0 aromatic heterocycles. The number of carboxylic acids is 1. The van der Waals surface area contributed by atoms with Crippen molar-refractivity contribution >= 4 is 5.97 Å². The van der Waals surface area contributed by atoms with Crippen LogP contribution in [-0.2, 0) is 4.79 Å². The van der Waals surface area contributed by atoms with Crippen molar-refractivity contribution in [2.24, 2.45) is 0 Å². The highest BCUT2D eigenvalue weighted by atomic mass is 16.4. The molecule has 0 rings (SSSR count). The Morgan fingerprint density at radius 3 is 2.90 bits per heavy atom. The van der Waals surface area contributed by atoms with E-state index in [2.05, 4.69) is 5.32 Å².